The molecule has 282 valence electrons. The largest absolute Gasteiger partial charge is 0.497 e. The number of carboxylic acid groups (broad SMARTS) is 2. The van der Waals surface area contributed by atoms with Gasteiger partial charge >= 0.3 is 30.6 Å². The van der Waals surface area contributed by atoms with Gasteiger partial charge in [0.15, 0.2) is 0 Å². The summed E-state index contributed by atoms with van der Waals surface area (Å²) < 4.78 is 123. The van der Waals surface area contributed by atoms with Crippen molar-refractivity contribution in [2.24, 2.45) is 0 Å². The molecule has 2 aromatic heterocycles. The van der Waals surface area contributed by atoms with Crippen LogP contribution in [0.15, 0.2) is 48.5 Å². The molecule has 0 saturated carbocycles. The molecule has 1 amide bonds. The summed E-state index contributed by atoms with van der Waals surface area (Å²) in [6.45, 7) is 0.887. The maximum Gasteiger partial charge on any atom is 0.490 e. The predicted octanol–water partition coefficient (Wildman–Crippen LogP) is 6.39. The molecular weight excluding hydrogens is 723 g/mol. The maximum atomic E-state index is 13.3. The molecule has 2 aliphatic rings. The zero-order valence-electron chi connectivity index (χ0n) is 27.0. The molecule has 4 aromatic rings. The highest BCUT2D eigenvalue weighted by Crippen LogP contribution is 2.37. The summed E-state index contributed by atoms with van der Waals surface area (Å²) >= 11 is 0. The van der Waals surface area contributed by atoms with Crippen LogP contribution in [0.25, 0.3) is 22.5 Å². The lowest BCUT2D eigenvalue weighted by atomic mass is 10.1. The molecule has 2 aliphatic heterocycles. The lowest BCUT2D eigenvalue weighted by molar-refractivity contribution is -0.192. The van der Waals surface area contributed by atoms with E-state index in [0.29, 0.717) is 47.1 Å². The number of aromatic nitrogens is 4. The number of fused-ring (bicyclic) bond motifs is 2. The molecule has 0 fully saturated rings. The monoisotopic (exact) mass is 752 g/mol. The number of aliphatic carboxylic acids is 1. The summed E-state index contributed by atoms with van der Waals surface area (Å²) in [4.78, 5) is 28.8. The first-order valence-electron chi connectivity index (χ1n) is 14.9. The minimum Gasteiger partial charge on any atom is -0.497 e. The Morgan fingerprint density at radius 1 is 0.731 bits per heavy atom. The van der Waals surface area contributed by atoms with Crippen LogP contribution in [0.1, 0.15) is 23.0 Å². The number of carbonyl (C=O) groups is 2. The van der Waals surface area contributed by atoms with Crippen molar-refractivity contribution < 1.29 is 68.8 Å². The van der Waals surface area contributed by atoms with E-state index in [1.165, 1.54) is 18.8 Å². The third-order valence-electron chi connectivity index (χ3n) is 7.59. The van der Waals surface area contributed by atoms with Crippen LogP contribution >= 0.6 is 0 Å². The minimum atomic E-state index is -5.08. The molecule has 2 aromatic carbocycles. The molecule has 0 radical (unpaired) electrons. The molecule has 4 heterocycles. The van der Waals surface area contributed by atoms with E-state index in [4.69, 9.17) is 24.5 Å². The third-order valence-corrected chi connectivity index (χ3v) is 7.59. The zero-order valence-corrected chi connectivity index (χ0v) is 27.0. The molecule has 21 heteroatoms. The lowest BCUT2D eigenvalue weighted by Gasteiger charge is -2.27. The van der Waals surface area contributed by atoms with Crippen molar-refractivity contribution in [1.29, 1.82) is 0 Å². The molecule has 3 N–H and O–H groups in total. The van der Waals surface area contributed by atoms with Crippen molar-refractivity contribution in [3.63, 3.8) is 0 Å². The first kappa shape index (κ1) is 39.3. The summed E-state index contributed by atoms with van der Waals surface area (Å²) in [7, 11) is 2.97. The second-order valence-electron chi connectivity index (χ2n) is 10.9. The topological polar surface area (TPSA) is 144 Å². The molecule has 0 spiro atoms. The fraction of sp³-hybridized carbons (Fsp3) is 0.355. The Morgan fingerprint density at radius 2 is 1.19 bits per heavy atom. The van der Waals surface area contributed by atoms with Crippen molar-refractivity contribution >= 4 is 12.1 Å². The van der Waals surface area contributed by atoms with E-state index in [9.17, 15) is 44.3 Å². The standard InChI is InChI=1S/C15H14F3N3O3.C14H14F3N3O.C2HF3O2/c1-24-10-4-2-3-9(7-10)12-11-8-20(14(22)23)5-6-21(11)13(19-12)15(16,17)18;1-21-10-4-2-3-9(7-10)12-11-8-18-5-6-20(11)13(19-12)14(15,16)17;3-2(4,5)1(6)7/h2-4,7H,5-6,8H2,1H3,(H,22,23);2-4,7,18H,5-6,8H2,1H3;(H,6,7). The fourth-order valence-electron chi connectivity index (χ4n) is 5.27. The molecule has 52 heavy (non-hydrogen) atoms. The Hall–Kier alpha value is -5.47. The number of benzene rings is 2. The fourth-order valence-corrected chi connectivity index (χ4v) is 5.27. The van der Waals surface area contributed by atoms with Crippen LogP contribution < -0.4 is 14.8 Å². The number of ether oxygens (including phenoxy) is 2. The van der Waals surface area contributed by atoms with Crippen LogP contribution in [0.5, 0.6) is 11.5 Å². The number of hydrogen-bond acceptors (Lipinski definition) is 7. The molecule has 0 atom stereocenters. The average Bonchev–Trinajstić information content (AvgIpc) is 3.68. The Balaban J connectivity index is 0.000000198. The van der Waals surface area contributed by atoms with Crippen LogP contribution in [0, 0.1) is 0 Å². The minimum absolute atomic E-state index is 0.0146. The molecular formula is C31H29F9N6O6. The quantitative estimate of drug-likeness (QED) is 0.202. The maximum absolute atomic E-state index is 13.3. The second-order valence-corrected chi connectivity index (χ2v) is 10.9. The normalized spacial score (nSPS) is 14.2. The Labute approximate surface area is 288 Å². The number of rotatable bonds is 4. The van der Waals surface area contributed by atoms with E-state index < -0.39 is 42.2 Å². The van der Waals surface area contributed by atoms with Gasteiger partial charge in [0.1, 0.15) is 11.5 Å². The van der Waals surface area contributed by atoms with E-state index in [2.05, 4.69) is 15.3 Å². The van der Waals surface area contributed by atoms with Gasteiger partial charge in [-0.2, -0.15) is 39.5 Å². The van der Waals surface area contributed by atoms with Gasteiger partial charge in [0, 0.05) is 43.9 Å². The first-order valence-corrected chi connectivity index (χ1v) is 14.9. The van der Waals surface area contributed by atoms with Crippen molar-refractivity contribution in [1.82, 2.24) is 29.3 Å². The number of imidazole rings is 2. The summed E-state index contributed by atoms with van der Waals surface area (Å²) in [5, 5.41) is 19.3. The Kier molecular flexibility index (Phi) is 11.7. The van der Waals surface area contributed by atoms with Gasteiger partial charge < -0.3 is 39.0 Å². The van der Waals surface area contributed by atoms with E-state index in [-0.39, 0.29) is 37.6 Å². The van der Waals surface area contributed by atoms with Crippen LogP contribution in [-0.4, -0.2) is 79.8 Å². The van der Waals surface area contributed by atoms with Crippen molar-refractivity contribution in [2.45, 2.75) is 44.7 Å². The Morgan fingerprint density at radius 3 is 1.62 bits per heavy atom. The van der Waals surface area contributed by atoms with Gasteiger partial charge in [0.2, 0.25) is 11.6 Å². The number of halogens is 9. The molecule has 0 bridgehead atoms. The second kappa shape index (κ2) is 15.4. The van der Waals surface area contributed by atoms with Crippen LogP contribution in [0.4, 0.5) is 44.3 Å². The van der Waals surface area contributed by atoms with Gasteiger partial charge in [-0.15, -0.1) is 0 Å². The van der Waals surface area contributed by atoms with Crippen LogP contribution in [0.2, 0.25) is 0 Å². The molecule has 0 saturated heterocycles. The van der Waals surface area contributed by atoms with Gasteiger partial charge in [0.05, 0.1) is 43.5 Å². The first-order chi connectivity index (χ1) is 24.3. The van der Waals surface area contributed by atoms with E-state index >= 15 is 0 Å². The van der Waals surface area contributed by atoms with Crippen LogP contribution in [-0.2, 0) is 43.3 Å². The summed E-state index contributed by atoms with van der Waals surface area (Å²) in [5.74, 6) is -3.54. The number of alkyl halides is 9. The molecule has 6 rings (SSSR count). The third kappa shape index (κ3) is 9.06. The van der Waals surface area contributed by atoms with Gasteiger partial charge in [0.25, 0.3) is 0 Å². The predicted molar refractivity (Wildman–Crippen MR) is 162 cm³/mol. The van der Waals surface area contributed by atoms with Gasteiger partial charge in [-0.3, -0.25) is 0 Å². The number of nitrogens with zero attached hydrogens (tertiary/aromatic N) is 5. The summed E-state index contributed by atoms with van der Waals surface area (Å²) in [5.41, 5.74) is 2.32. The summed E-state index contributed by atoms with van der Waals surface area (Å²) in [6, 6.07) is 13.4. The van der Waals surface area contributed by atoms with Gasteiger partial charge in [-0.05, 0) is 24.3 Å². The van der Waals surface area contributed by atoms with Crippen molar-refractivity contribution in [3.8, 4) is 34.0 Å². The molecule has 12 nitrogen and oxygen atoms in total. The van der Waals surface area contributed by atoms with Crippen molar-refractivity contribution in [3.05, 3.63) is 71.6 Å². The summed E-state index contributed by atoms with van der Waals surface area (Å²) in [6.07, 6.45) is -15.3. The smallest absolute Gasteiger partial charge is 0.490 e. The average molecular weight is 753 g/mol. The van der Waals surface area contributed by atoms with Gasteiger partial charge in [-0.1, -0.05) is 24.3 Å². The lowest BCUT2D eigenvalue weighted by Crippen LogP contribution is -2.38. The zero-order chi connectivity index (χ0) is 38.6. The molecule has 0 aliphatic carbocycles. The number of amides is 1. The Bertz CT molecular complexity index is 1900. The van der Waals surface area contributed by atoms with Crippen LogP contribution in [0.3, 0.4) is 0 Å². The van der Waals surface area contributed by atoms with Gasteiger partial charge in [-0.25, -0.2) is 19.6 Å². The highest BCUT2D eigenvalue weighted by Gasteiger charge is 2.42. The number of nitrogens with one attached hydrogen (secondary N) is 1. The van der Waals surface area contributed by atoms with E-state index in [1.54, 1.807) is 48.5 Å². The highest BCUT2D eigenvalue weighted by molar-refractivity contribution is 5.73. The number of methoxy groups -OCH3 is 2. The SMILES string of the molecule is COc1cccc(-c2nc(C(F)(F)F)n3c2CN(C(=O)O)CC3)c1.COc1cccc(-c2nc(C(F)(F)F)n3c2CNCC3)c1.O=C(O)C(F)(F)F. The molecule has 0 unspecified atom stereocenters. The number of carboxylic acids is 1. The highest BCUT2D eigenvalue weighted by atomic mass is 19.4. The van der Waals surface area contributed by atoms with E-state index in [1.807, 2.05) is 0 Å². The van der Waals surface area contributed by atoms with Crippen molar-refractivity contribution in [2.75, 3.05) is 27.3 Å². The number of hydrogen-bond donors (Lipinski definition) is 3. The van der Waals surface area contributed by atoms with E-state index in [0.717, 1.165) is 9.47 Å².